The van der Waals surface area contributed by atoms with E-state index in [0.29, 0.717) is 5.92 Å². The molecule has 3 atom stereocenters. The summed E-state index contributed by atoms with van der Waals surface area (Å²) in [5.74, 6) is 0.325. The van der Waals surface area contributed by atoms with Gasteiger partial charge < -0.3 is 9.64 Å². The first kappa shape index (κ1) is 15.3. The average Bonchev–Trinajstić information content (AvgIpc) is 2.62. The van der Waals surface area contributed by atoms with Crippen LogP contribution in [0.4, 0.5) is 0 Å². The van der Waals surface area contributed by atoms with Gasteiger partial charge in [0.2, 0.25) is 0 Å². The molecule has 0 amide bonds. The summed E-state index contributed by atoms with van der Waals surface area (Å²) < 4.78 is 5.65. The zero-order valence-electron chi connectivity index (χ0n) is 13.2. The zero-order valence-corrected chi connectivity index (χ0v) is 13.2. The van der Waals surface area contributed by atoms with Crippen molar-refractivity contribution in [3.05, 3.63) is 23.3 Å². The number of hydrogen-bond donors (Lipinski definition) is 0. The van der Waals surface area contributed by atoms with Crippen molar-refractivity contribution in [3.63, 3.8) is 0 Å². The number of hydrogen-bond acceptors (Lipinski definition) is 3. The first-order chi connectivity index (χ1) is 9.47. The van der Waals surface area contributed by atoms with Gasteiger partial charge in [-0.2, -0.15) is 0 Å². The van der Waals surface area contributed by atoms with Crippen LogP contribution < -0.4 is 0 Å². The Labute approximate surface area is 122 Å². The van der Waals surface area contributed by atoms with E-state index in [2.05, 4.69) is 30.9 Å². The van der Waals surface area contributed by atoms with Gasteiger partial charge in [-0.25, -0.2) is 0 Å². The fourth-order valence-corrected chi connectivity index (χ4v) is 3.25. The van der Waals surface area contributed by atoms with E-state index >= 15 is 0 Å². The van der Waals surface area contributed by atoms with Gasteiger partial charge in [-0.3, -0.25) is 4.79 Å². The van der Waals surface area contributed by atoms with Crippen LogP contribution >= 0.6 is 0 Å². The minimum absolute atomic E-state index is 0.0152. The molecule has 20 heavy (non-hydrogen) atoms. The second kappa shape index (κ2) is 6.57. The van der Waals surface area contributed by atoms with Gasteiger partial charge >= 0.3 is 5.97 Å². The number of esters is 1. The van der Waals surface area contributed by atoms with Crippen LogP contribution in [0.5, 0.6) is 0 Å². The summed E-state index contributed by atoms with van der Waals surface area (Å²) in [6.07, 6.45) is 8.80. The Balaban J connectivity index is 2.21. The molecule has 0 radical (unpaired) electrons. The molecular formula is C17H27NO2. The lowest BCUT2D eigenvalue weighted by atomic mass is 9.83. The van der Waals surface area contributed by atoms with Gasteiger partial charge in [0.05, 0.1) is 5.92 Å². The molecule has 3 heteroatoms. The average molecular weight is 277 g/mol. The Kier molecular flexibility index (Phi) is 5.03. The molecule has 0 aromatic heterocycles. The lowest BCUT2D eigenvalue weighted by Crippen LogP contribution is -2.30. The molecule has 1 aliphatic heterocycles. The zero-order chi connectivity index (χ0) is 14.7. The quantitative estimate of drug-likeness (QED) is 0.573. The maximum absolute atomic E-state index is 12.2. The number of allylic oxidation sites excluding steroid dienone is 3. The Bertz CT molecular complexity index is 423. The van der Waals surface area contributed by atoms with E-state index in [-0.39, 0.29) is 18.0 Å². The third-order valence-corrected chi connectivity index (χ3v) is 4.41. The summed E-state index contributed by atoms with van der Waals surface area (Å²) in [7, 11) is 4.04. The monoisotopic (exact) mass is 277 g/mol. The summed E-state index contributed by atoms with van der Waals surface area (Å²) in [6.45, 7) is 5.14. The molecule has 0 saturated carbocycles. The highest BCUT2D eigenvalue weighted by molar-refractivity contribution is 5.76. The van der Waals surface area contributed by atoms with Crippen molar-refractivity contribution >= 4 is 5.97 Å². The number of fused-ring (bicyclic) bond motifs is 1. The van der Waals surface area contributed by atoms with Crippen LogP contribution in [0.25, 0.3) is 0 Å². The van der Waals surface area contributed by atoms with Gasteiger partial charge in [0.25, 0.3) is 0 Å². The molecule has 2 aliphatic rings. The van der Waals surface area contributed by atoms with Gasteiger partial charge in [0.15, 0.2) is 0 Å². The van der Waals surface area contributed by atoms with E-state index in [0.717, 1.165) is 32.2 Å². The minimum Gasteiger partial charge on any atom is -0.458 e. The number of carbonyl (C=O) groups excluding carboxylic acids is 1. The fourth-order valence-electron chi connectivity index (χ4n) is 3.25. The van der Waals surface area contributed by atoms with Crippen LogP contribution in [-0.2, 0) is 9.53 Å². The van der Waals surface area contributed by atoms with Crippen molar-refractivity contribution in [1.29, 1.82) is 0 Å². The van der Waals surface area contributed by atoms with Gasteiger partial charge in [0.1, 0.15) is 6.10 Å². The predicted octanol–water partition coefficient (Wildman–Crippen LogP) is 3.17. The molecule has 0 bridgehead atoms. The molecule has 112 valence electrons. The second-order valence-corrected chi connectivity index (χ2v) is 6.57. The van der Waals surface area contributed by atoms with Crippen LogP contribution in [0, 0.1) is 11.8 Å². The second-order valence-electron chi connectivity index (χ2n) is 6.57. The molecule has 3 nitrogen and oxygen atoms in total. The summed E-state index contributed by atoms with van der Waals surface area (Å²) in [6, 6.07) is 0. The van der Waals surface area contributed by atoms with Gasteiger partial charge in [-0.15, -0.1) is 0 Å². The molecule has 0 spiro atoms. The Morgan fingerprint density at radius 2 is 2.00 bits per heavy atom. The Hall–Kier alpha value is -1.09. The smallest absolute Gasteiger partial charge is 0.311 e. The first-order valence-electron chi connectivity index (χ1n) is 7.65. The van der Waals surface area contributed by atoms with Crippen molar-refractivity contribution in [2.45, 2.75) is 45.6 Å². The van der Waals surface area contributed by atoms with E-state index < -0.39 is 0 Å². The number of ether oxygens (including phenoxy) is 1. The van der Waals surface area contributed by atoms with Crippen molar-refractivity contribution in [1.82, 2.24) is 4.90 Å². The SMILES string of the molecule is CC1=CCC/C(C)=C/[C@H]2OC(=O)[C@@H](CN(C)C)[C@@H]2CC1. The molecule has 2 rings (SSSR count). The molecule has 1 saturated heterocycles. The van der Waals surface area contributed by atoms with Crippen LogP contribution in [0.3, 0.4) is 0 Å². The van der Waals surface area contributed by atoms with E-state index in [9.17, 15) is 4.79 Å². The van der Waals surface area contributed by atoms with Gasteiger partial charge in [-0.05, 0) is 59.7 Å². The molecular weight excluding hydrogens is 250 g/mol. The molecule has 0 N–H and O–H groups in total. The molecule has 1 heterocycles. The lowest BCUT2D eigenvalue weighted by Gasteiger charge is -2.22. The molecule has 0 unspecified atom stereocenters. The van der Waals surface area contributed by atoms with Crippen molar-refractivity contribution in [2.75, 3.05) is 20.6 Å². The highest BCUT2D eigenvalue weighted by atomic mass is 16.6. The maximum Gasteiger partial charge on any atom is 0.311 e. The predicted molar refractivity (Wildman–Crippen MR) is 81.4 cm³/mol. The summed E-state index contributed by atoms with van der Waals surface area (Å²) in [5.41, 5.74) is 2.78. The number of rotatable bonds is 2. The van der Waals surface area contributed by atoms with Crippen LogP contribution in [-0.4, -0.2) is 37.6 Å². The minimum atomic E-state index is -0.0154. The third kappa shape index (κ3) is 3.72. The molecule has 0 aromatic rings. The van der Waals surface area contributed by atoms with E-state index in [1.54, 1.807) is 0 Å². The van der Waals surface area contributed by atoms with Gasteiger partial charge in [-0.1, -0.05) is 17.2 Å². The van der Waals surface area contributed by atoms with Crippen LogP contribution in [0.15, 0.2) is 23.3 Å². The van der Waals surface area contributed by atoms with Crippen molar-refractivity contribution < 1.29 is 9.53 Å². The summed E-state index contributed by atoms with van der Waals surface area (Å²) in [5, 5.41) is 0. The molecule has 1 fully saturated rings. The summed E-state index contributed by atoms with van der Waals surface area (Å²) >= 11 is 0. The van der Waals surface area contributed by atoms with E-state index in [4.69, 9.17) is 4.74 Å². The highest BCUT2D eigenvalue weighted by Gasteiger charge is 2.43. The maximum atomic E-state index is 12.2. The molecule has 0 aromatic carbocycles. The highest BCUT2D eigenvalue weighted by Crippen LogP contribution is 2.35. The standard InChI is InChI=1S/C17H27NO2/c1-12-6-5-7-13(2)10-16-14(9-8-12)15(11-18(3)4)17(19)20-16/h6,10,14-16H,5,7-9,11H2,1-4H3/b12-6?,13-10+/t14-,15-,16+/m0/s1. The molecule has 1 aliphatic carbocycles. The van der Waals surface area contributed by atoms with Crippen LogP contribution in [0.1, 0.15) is 39.5 Å². The van der Waals surface area contributed by atoms with E-state index in [1.807, 2.05) is 14.1 Å². The third-order valence-electron chi connectivity index (χ3n) is 4.41. The van der Waals surface area contributed by atoms with Crippen LogP contribution in [0.2, 0.25) is 0 Å². The normalized spacial score (nSPS) is 34.0. The number of nitrogens with zero attached hydrogens (tertiary/aromatic N) is 1. The lowest BCUT2D eigenvalue weighted by molar-refractivity contribution is -0.143. The topological polar surface area (TPSA) is 29.5 Å². The van der Waals surface area contributed by atoms with E-state index in [1.165, 1.54) is 11.1 Å². The summed E-state index contributed by atoms with van der Waals surface area (Å²) in [4.78, 5) is 14.3. The van der Waals surface area contributed by atoms with Crippen molar-refractivity contribution in [3.8, 4) is 0 Å². The van der Waals surface area contributed by atoms with Gasteiger partial charge in [0, 0.05) is 12.5 Å². The fraction of sp³-hybridized carbons (Fsp3) is 0.706. The first-order valence-corrected chi connectivity index (χ1v) is 7.65. The Morgan fingerprint density at radius 3 is 2.70 bits per heavy atom. The Morgan fingerprint density at radius 1 is 1.25 bits per heavy atom. The van der Waals surface area contributed by atoms with Crippen molar-refractivity contribution in [2.24, 2.45) is 11.8 Å². The number of carbonyl (C=O) groups is 1. The largest absolute Gasteiger partial charge is 0.458 e.